The monoisotopic (exact) mass is 352 g/mol. The Morgan fingerprint density at radius 3 is 2.38 bits per heavy atom. The van der Waals surface area contributed by atoms with Crippen LogP contribution < -0.4 is 5.73 Å². The summed E-state index contributed by atoms with van der Waals surface area (Å²) in [6, 6.07) is 6.14. The van der Waals surface area contributed by atoms with Gasteiger partial charge in [0.15, 0.2) is 0 Å². The van der Waals surface area contributed by atoms with E-state index in [1.807, 2.05) is 0 Å². The van der Waals surface area contributed by atoms with E-state index in [2.05, 4.69) is 41.8 Å². The molecule has 0 radical (unpaired) electrons. The topological polar surface area (TPSA) is 87.0 Å². The molecule has 0 saturated carbocycles. The highest BCUT2D eigenvalue weighted by Gasteiger charge is 2.20. The molecular formula is C14H17BrN4O2. The van der Waals surface area contributed by atoms with Crippen LogP contribution in [0.2, 0.25) is 0 Å². The molecular weight excluding hydrogens is 336 g/mol. The minimum Gasteiger partial charge on any atom is -0.383 e. The molecule has 1 aromatic carbocycles. The second kappa shape index (κ2) is 5.48. The van der Waals surface area contributed by atoms with E-state index in [-0.39, 0.29) is 11.1 Å². The van der Waals surface area contributed by atoms with E-state index < -0.39 is 4.92 Å². The maximum Gasteiger partial charge on any atom is 0.269 e. The highest BCUT2D eigenvalue weighted by molar-refractivity contribution is 9.10. The molecule has 0 unspecified atom stereocenters. The van der Waals surface area contributed by atoms with E-state index in [0.29, 0.717) is 11.5 Å². The SMILES string of the molecule is CC(C)(C)Cc1nn(-c2ccc([N+](=O)[O-])cc2)c(N)c1Br. The van der Waals surface area contributed by atoms with Crippen LogP contribution in [0.15, 0.2) is 28.7 Å². The second-order valence-electron chi connectivity index (χ2n) is 6.07. The van der Waals surface area contributed by atoms with Gasteiger partial charge in [-0.1, -0.05) is 20.8 Å². The Bertz CT molecular complexity index is 672. The molecule has 7 heteroatoms. The van der Waals surface area contributed by atoms with E-state index in [1.54, 1.807) is 16.8 Å². The Balaban J connectivity index is 2.40. The average Bonchev–Trinajstić information content (AvgIpc) is 2.65. The fraction of sp³-hybridized carbons (Fsp3) is 0.357. The summed E-state index contributed by atoms with van der Waals surface area (Å²) in [4.78, 5) is 10.2. The van der Waals surface area contributed by atoms with Crippen molar-refractivity contribution in [3.05, 3.63) is 44.5 Å². The number of nitrogen functional groups attached to an aromatic ring is 1. The summed E-state index contributed by atoms with van der Waals surface area (Å²) >= 11 is 3.47. The first-order chi connectivity index (χ1) is 9.69. The van der Waals surface area contributed by atoms with Crippen LogP contribution in [0.5, 0.6) is 0 Å². The molecule has 1 aromatic heterocycles. The van der Waals surface area contributed by atoms with Crippen molar-refractivity contribution in [1.29, 1.82) is 0 Å². The van der Waals surface area contributed by atoms with Gasteiger partial charge in [-0.15, -0.1) is 0 Å². The first-order valence-corrected chi connectivity index (χ1v) is 7.26. The van der Waals surface area contributed by atoms with Crippen LogP contribution in [0, 0.1) is 15.5 Å². The van der Waals surface area contributed by atoms with Crippen LogP contribution in [0.3, 0.4) is 0 Å². The number of nitrogens with two attached hydrogens (primary N) is 1. The molecule has 0 saturated heterocycles. The predicted octanol–water partition coefficient (Wildman–Crippen LogP) is 3.71. The number of non-ortho nitro benzene ring substituents is 1. The molecule has 2 rings (SSSR count). The van der Waals surface area contributed by atoms with Crippen molar-refractivity contribution in [3.8, 4) is 5.69 Å². The third-order valence-corrected chi connectivity index (χ3v) is 3.79. The number of benzene rings is 1. The highest BCUT2D eigenvalue weighted by atomic mass is 79.9. The summed E-state index contributed by atoms with van der Waals surface area (Å²) in [6.07, 6.45) is 0.776. The summed E-state index contributed by atoms with van der Waals surface area (Å²) in [5.74, 6) is 0.489. The molecule has 1 heterocycles. The van der Waals surface area contributed by atoms with Crippen LogP contribution in [0.25, 0.3) is 5.69 Å². The van der Waals surface area contributed by atoms with E-state index >= 15 is 0 Å². The summed E-state index contributed by atoms with van der Waals surface area (Å²) in [5.41, 5.74) is 7.77. The lowest BCUT2D eigenvalue weighted by molar-refractivity contribution is -0.384. The number of hydrogen-bond donors (Lipinski definition) is 1. The van der Waals surface area contributed by atoms with E-state index in [9.17, 15) is 10.1 Å². The number of hydrogen-bond acceptors (Lipinski definition) is 4. The Labute approximate surface area is 131 Å². The third-order valence-electron chi connectivity index (χ3n) is 2.93. The fourth-order valence-electron chi connectivity index (χ4n) is 1.99. The van der Waals surface area contributed by atoms with Crippen LogP contribution in [0.4, 0.5) is 11.5 Å². The molecule has 0 amide bonds. The molecule has 0 spiro atoms. The van der Waals surface area contributed by atoms with Crippen LogP contribution in [-0.2, 0) is 6.42 Å². The maximum absolute atomic E-state index is 10.7. The zero-order chi connectivity index (χ0) is 15.8. The van der Waals surface area contributed by atoms with Gasteiger partial charge in [-0.25, -0.2) is 4.68 Å². The van der Waals surface area contributed by atoms with E-state index in [4.69, 9.17) is 5.73 Å². The van der Waals surface area contributed by atoms with Crippen LogP contribution in [-0.4, -0.2) is 14.7 Å². The largest absolute Gasteiger partial charge is 0.383 e. The molecule has 6 nitrogen and oxygen atoms in total. The van der Waals surface area contributed by atoms with Crippen molar-refractivity contribution >= 4 is 27.4 Å². The quantitative estimate of drug-likeness (QED) is 0.673. The van der Waals surface area contributed by atoms with Gasteiger partial charge in [-0.3, -0.25) is 10.1 Å². The smallest absolute Gasteiger partial charge is 0.269 e. The summed E-state index contributed by atoms with van der Waals surface area (Å²) in [7, 11) is 0. The van der Waals surface area contributed by atoms with E-state index in [1.165, 1.54) is 12.1 Å². The third kappa shape index (κ3) is 3.41. The molecule has 0 aliphatic carbocycles. The van der Waals surface area contributed by atoms with Gasteiger partial charge in [0.25, 0.3) is 5.69 Å². The Kier molecular flexibility index (Phi) is 4.04. The van der Waals surface area contributed by atoms with Crippen molar-refractivity contribution < 1.29 is 4.92 Å². The minimum absolute atomic E-state index is 0.0402. The van der Waals surface area contributed by atoms with Crippen molar-refractivity contribution in [1.82, 2.24) is 9.78 Å². The molecule has 0 aliphatic heterocycles. The molecule has 0 aliphatic rings. The minimum atomic E-state index is -0.433. The molecule has 0 fully saturated rings. The molecule has 112 valence electrons. The normalized spacial score (nSPS) is 11.6. The lowest BCUT2D eigenvalue weighted by Crippen LogP contribution is -2.10. The second-order valence-corrected chi connectivity index (χ2v) is 6.86. The Hall–Kier alpha value is -1.89. The number of aromatic nitrogens is 2. The van der Waals surface area contributed by atoms with Crippen molar-refractivity contribution in [3.63, 3.8) is 0 Å². The van der Waals surface area contributed by atoms with Gasteiger partial charge in [-0.05, 0) is 39.9 Å². The molecule has 0 atom stereocenters. The van der Waals surface area contributed by atoms with Gasteiger partial charge in [0.1, 0.15) is 5.82 Å². The zero-order valence-electron chi connectivity index (χ0n) is 12.1. The fourth-order valence-corrected chi connectivity index (χ4v) is 2.37. The number of nitro groups is 1. The number of anilines is 1. The summed E-state index contributed by atoms with van der Waals surface area (Å²) < 4.78 is 2.37. The Morgan fingerprint density at radius 2 is 1.90 bits per heavy atom. The van der Waals surface area contributed by atoms with Crippen LogP contribution in [0.1, 0.15) is 26.5 Å². The Morgan fingerprint density at radius 1 is 1.33 bits per heavy atom. The average molecular weight is 353 g/mol. The van der Waals surface area contributed by atoms with Gasteiger partial charge in [0, 0.05) is 12.1 Å². The van der Waals surface area contributed by atoms with Crippen LogP contribution >= 0.6 is 15.9 Å². The lowest BCUT2D eigenvalue weighted by atomic mass is 9.91. The predicted molar refractivity (Wildman–Crippen MR) is 85.5 cm³/mol. The highest BCUT2D eigenvalue weighted by Crippen LogP contribution is 2.31. The standard InChI is InChI=1S/C14H17BrN4O2/c1-14(2,3)8-11-12(15)13(16)18(17-11)9-4-6-10(7-5-9)19(20)21/h4-7H,8,16H2,1-3H3. The maximum atomic E-state index is 10.7. The van der Waals surface area contributed by atoms with Gasteiger partial charge in [0.2, 0.25) is 0 Å². The lowest BCUT2D eigenvalue weighted by Gasteiger charge is -2.16. The van der Waals surface area contributed by atoms with Gasteiger partial charge >= 0.3 is 0 Å². The first kappa shape index (κ1) is 15.5. The first-order valence-electron chi connectivity index (χ1n) is 6.47. The number of nitro benzene ring substituents is 1. The summed E-state index contributed by atoms with van der Waals surface area (Å²) in [6.45, 7) is 6.38. The summed E-state index contributed by atoms with van der Waals surface area (Å²) in [5, 5.41) is 15.2. The molecule has 0 bridgehead atoms. The molecule has 2 N–H and O–H groups in total. The van der Waals surface area contributed by atoms with Gasteiger partial charge < -0.3 is 5.73 Å². The number of rotatable bonds is 3. The van der Waals surface area contributed by atoms with Crippen molar-refractivity contribution in [2.75, 3.05) is 5.73 Å². The molecule has 2 aromatic rings. The van der Waals surface area contributed by atoms with E-state index in [0.717, 1.165) is 16.6 Å². The molecule has 21 heavy (non-hydrogen) atoms. The zero-order valence-corrected chi connectivity index (χ0v) is 13.7. The van der Waals surface area contributed by atoms with Crippen molar-refractivity contribution in [2.24, 2.45) is 5.41 Å². The number of nitrogens with zero attached hydrogens (tertiary/aromatic N) is 3. The number of halogens is 1. The van der Waals surface area contributed by atoms with Crippen molar-refractivity contribution in [2.45, 2.75) is 27.2 Å². The van der Waals surface area contributed by atoms with Gasteiger partial charge in [0.05, 0.1) is 20.8 Å². The van der Waals surface area contributed by atoms with Gasteiger partial charge in [-0.2, -0.15) is 5.10 Å².